The van der Waals surface area contributed by atoms with Crippen molar-refractivity contribution in [1.82, 2.24) is 5.09 Å². The number of carbonyl (C=O) groups excluding carboxylic acids is 1. The van der Waals surface area contributed by atoms with Gasteiger partial charge in [0.2, 0.25) is 7.29 Å². The van der Waals surface area contributed by atoms with E-state index in [-0.39, 0.29) is 12.0 Å². The Balaban J connectivity index is 1.73. The molecular formula is C30H36NO3P. The average Bonchev–Trinajstić information content (AvgIpc) is 2.88. The molecular weight excluding hydrogens is 453 g/mol. The summed E-state index contributed by atoms with van der Waals surface area (Å²) in [6, 6.07) is 29.3. The molecule has 0 aliphatic heterocycles. The van der Waals surface area contributed by atoms with Gasteiger partial charge in [-0.25, -0.2) is 0 Å². The Morgan fingerprint density at radius 2 is 1.37 bits per heavy atom. The van der Waals surface area contributed by atoms with E-state index in [1.807, 2.05) is 99.6 Å². The molecule has 0 radical (unpaired) electrons. The number of allylic oxidation sites excluding steroid dienone is 1. The third-order valence-electron chi connectivity index (χ3n) is 5.68. The van der Waals surface area contributed by atoms with Crippen LogP contribution < -0.4 is 15.7 Å². The standard InChI is InChI=1S/C30H36NO3P/c1-30(2,3)29(32)34-24-16-5-4-15-23-28(25-17-9-6-10-18-25)31-35(33,26-19-11-7-12-20-26)27-21-13-8-14-22-27/h4,6-15,17-22,28H,5,16,23-24H2,1-3H3,(H,31,33)/b15-4+/t28-/m0/s1. The molecule has 1 N–H and O–H groups in total. The smallest absolute Gasteiger partial charge is 0.311 e. The molecule has 0 aliphatic carbocycles. The lowest BCUT2D eigenvalue weighted by Crippen LogP contribution is -2.30. The van der Waals surface area contributed by atoms with E-state index < -0.39 is 12.7 Å². The van der Waals surface area contributed by atoms with Gasteiger partial charge < -0.3 is 4.74 Å². The van der Waals surface area contributed by atoms with Crippen LogP contribution in [-0.2, 0) is 14.1 Å². The van der Waals surface area contributed by atoms with Crippen molar-refractivity contribution in [3.63, 3.8) is 0 Å². The Morgan fingerprint density at radius 3 is 1.89 bits per heavy atom. The van der Waals surface area contributed by atoms with Crippen molar-refractivity contribution in [2.75, 3.05) is 6.61 Å². The van der Waals surface area contributed by atoms with E-state index in [0.29, 0.717) is 13.0 Å². The van der Waals surface area contributed by atoms with Gasteiger partial charge in [0.1, 0.15) is 0 Å². The number of esters is 1. The van der Waals surface area contributed by atoms with Gasteiger partial charge in [-0.2, -0.15) is 0 Å². The van der Waals surface area contributed by atoms with E-state index in [1.54, 1.807) is 0 Å². The molecule has 0 unspecified atom stereocenters. The summed E-state index contributed by atoms with van der Waals surface area (Å²) in [6.07, 6.45) is 6.51. The molecule has 0 bridgehead atoms. The van der Waals surface area contributed by atoms with Crippen LogP contribution in [0.25, 0.3) is 0 Å². The van der Waals surface area contributed by atoms with E-state index >= 15 is 0 Å². The van der Waals surface area contributed by atoms with Crippen LogP contribution in [0.15, 0.2) is 103 Å². The van der Waals surface area contributed by atoms with Gasteiger partial charge in [0.25, 0.3) is 0 Å². The van der Waals surface area contributed by atoms with E-state index in [0.717, 1.165) is 29.0 Å². The quantitative estimate of drug-likeness (QED) is 0.143. The van der Waals surface area contributed by atoms with Crippen molar-refractivity contribution < 1.29 is 14.1 Å². The first-order valence-electron chi connectivity index (χ1n) is 12.2. The van der Waals surface area contributed by atoms with Crippen molar-refractivity contribution >= 4 is 23.9 Å². The second kappa shape index (κ2) is 12.7. The summed E-state index contributed by atoms with van der Waals surface area (Å²) in [7, 11) is -3.08. The summed E-state index contributed by atoms with van der Waals surface area (Å²) in [5, 5.41) is 5.13. The van der Waals surface area contributed by atoms with Gasteiger partial charge in [0.05, 0.1) is 12.0 Å². The first-order valence-corrected chi connectivity index (χ1v) is 13.9. The maximum atomic E-state index is 14.5. The molecule has 1 atom stereocenters. The summed E-state index contributed by atoms with van der Waals surface area (Å²) in [4.78, 5) is 11.9. The van der Waals surface area contributed by atoms with Gasteiger partial charge in [-0.1, -0.05) is 78.9 Å². The molecule has 0 fully saturated rings. The number of hydrogen-bond donors (Lipinski definition) is 1. The Hall–Kier alpha value is -2.94. The van der Waals surface area contributed by atoms with Gasteiger partial charge in [-0.3, -0.25) is 14.4 Å². The molecule has 0 saturated heterocycles. The topological polar surface area (TPSA) is 55.4 Å². The lowest BCUT2D eigenvalue weighted by molar-refractivity contribution is -0.153. The molecule has 0 aliphatic rings. The Bertz CT molecular complexity index is 1080. The van der Waals surface area contributed by atoms with Crippen LogP contribution >= 0.6 is 7.29 Å². The molecule has 35 heavy (non-hydrogen) atoms. The van der Waals surface area contributed by atoms with E-state index in [4.69, 9.17) is 4.74 Å². The zero-order valence-corrected chi connectivity index (χ0v) is 21.8. The molecule has 184 valence electrons. The third kappa shape index (κ3) is 7.78. The molecule has 3 rings (SSSR count). The lowest BCUT2D eigenvalue weighted by atomic mass is 9.97. The van der Waals surface area contributed by atoms with Crippen LogP contribution in [0.2, 0.25) is 0 Å². The highest BCUT2D eigenvalue weighted by atomic mass is 31.2. The third-order valence-corrected chi connectivity index (χ3v) is 8.40. The predicted molar refractivity (Wildman–Crippen MR) is 145 cm³/mol. The summed E-state index contributed by atoms with van der Waals surface area (Å²) in [5.41, 5.74) is 0.610. The summed E-state index contributed by atoms with van der Waals surface area (Å²) in [6.45, 7) is 5.98. The van der Waals surface area contributed by atoms with Crippen molar-refractivity contribution in [3.8, 4) is 0 Å². The first-order chi connectivity index (χ1) is 16.8. The molecule has 4 nitrogen and oxygen atoms in total. The van der Waals surface area contributed by atoms with Crippen LogP contribution in [0.4, 0.5) is 0 Å². The summed E-state index contributed by atoms with van der Waals surface area (Å²) >= 11 is 0. The highest BCUT2D eigenvalue weighted by molar-refractivity contribution is 7.76. The minimum atomic E-state index is -3.08. The number of carbonyl (C=O) groups is 1. The minimum absolute atomic E-state index is 0.127. The van der Waals surface area contributed by atoms with Crippen LogP contribution in [0.3, 0.4) is 0 Å². The fourth-order valence-electron chi connectivity index (χ4n) is 3.67. The van der Waals surface area contributed by atoms with Gasteiger partial charge in [-0.05, 0) is 69.9 Å². The van der Waals surface area contributed by atoms with Crippen molar-refractivity contribution in [3.05, 3.63) is 109 Å². The van der Waals surface area contributed by atoms with Crippen LogP contribution in [0, 0.1) is 5.41 Å². The van der Waals surface area contributed by atoms with Crippen LogP contribution in [0.1, 0.15) is 51.6 Å². The number of benzene rings is 3. The number of rotatable bonds is 11. The SMILES string of the molecule is CC(C)(C)C(=O)OCCC/C=C/C[C@H](NP(=O)(c1ccccc1)c1ccccc1)c1ccccc1. The predicted octanol–water partition coefficient (Wildman–Crippen LogP) is 6.56. The van der Waals surface area contributed by atoms with Gasteiger partial charge in [0, 0.05) is 16.7 Å². The van der Waals surface area contributed by atoms with Gasteiger partial charge in [-0.15, -0.1) is 0 Å². The van der Waals surface area contributed by atoms with Crippen LogP contribution in [-0.4, -0.2) is 12.6 Å². The van der Waals surface area contributed by atoms with Gasteiger partial charge >= 0.3 is 5.97 Å². The number of unbranched alkanes of at least 4 members (excludes halogenated alkanes) is 1. The van der Waals surface area contributed by atoms with E-state index in [1.165, 1.54) is 0 Å². The Kier molecular flexibility index (Phi) is 9.65. The molecule has 0 saturated carbocycles. The Morgan fingerprint density at radius 1 is 0.857 bits per heavy atom. The van der Waals surface area contributed by atoms with Crippen molar-refractivity contribution in [2.45, 2.75) is 46.1 Å². The molecule has 0 aromatic heterocycles. The molecule has 3 aromatic carbocycles. The Labute approximate surface area is 209 Å². The second-order valence-corrected chi connectivity index (χ2v) is 12.1. The summed E-state index contributed by atoms with van der Waals surface area (Å²) < 4.78 is 19.9. The fourth-order valence-corrected chi connectivity index (χ4v) is 6.15. The molecule has 3 aromatic rings. The second-order valence-electron chi connectivity index (χ2n) is 9.61. The number of ether oxygens (including phenoxy) is 1. The fraction of sp³-hybridized carbons (Fsp3) is 0.300. The van der Waals surface area contributed by atoms with Crippen LogP contribution in [0.5, 0.6) is 0 Å². The highest BCUT2D eigenvalue weighted by Gasteiger charge is 2.30. The molecule has 0 heterocycles. The minimum Gasteiger partial charge on any atom is -0.465 e. The molecule has 5 heteroatoms. The van der Waals surface area contributed by atoms with E-state index in [2.05, 4.69) is 29.4 Å². The zero-order valence-electron chi connectivity index (χ0n) is 20.9. The average molecular weight is 490 g/mol. The highest BCUT2D eigenvalue weighted by Crippen LogP contribution is 2.42. The lowest BCUT2D eigenvalue weighted by Gasteiger charge is -2.27. The zero-order chi connectivity index (χ0) is 25.2. The normalized spacial score (nSPS) is 13.0. The molecule has 0 amide bonds. The number of nitrogens with one attached hydrogen (secondary N) is 1. The maximum absolute atomic E-state index is 14.5. The van der Waals surface area contributed by atoms with Gasteiger partial charge in [0.15, 0.2) is 0 Å². The van der Waals surface area contributed by atoms with Crippen molar-refractivity contribution in [1.29, 1.82) is 0 Å². The monoisotopic (exact) mass is 489 g/mol. The largest absolute Gasteiger partial charge is 0.465 e. The van der Waals surface area contributed by atoms with E-state index in [9.17, 15) is 9.36 Å². The number of hydrogen-bond acceptors (Lipinski definition) is 3. The first kappa shape index (κ1) is 26.7. The molecule has 0 spiro atoms. The summed E-state index contributed by atoms with van der Waals surface area (Å²) in [5.74, 6) is -0.174. The van der Waals surface area contributed by atoms with Crippen molar-refractivity contribution in [2.24, 2.45) is 5.41 Å². The maximum Gasteiger partial charge on any atom is 0.311 e.